The Morgan fingerprint density at radius 1 is 1.15 bits per heavy atom. The van der Waals surface area contributed by atoms with Crippen molar-refractivity contribution in [2.24, 2.45) is 7.05 Å². The number of hydrogen-bond acceptors (Lipinski definition) is 5. The summed E-state index contributed by atoms with van der Waals surface area (Å²) in [6.45, 7) is 0.816. The summed E-state index contributed by atoms with van der Waals surface area (Å²) in [5.74, 6) is -0.987. The lowest BCUT2D eigenvalue weighted by atomic mass is 10.1. The van der Waals surface area contributed by atoms with Gasteiger partial charge in [-0.1, -0.05) is 24.3 Å². The van der Waals surface area contributed by atoms with Gasteiger partial charge >= 0.3 is 0 Å². The predicted molar refractivity (Wildman–Crippen MR) is 118 cm³/mol. The van der Waals surface area contributed by atoms with Gasteiger partial charge in [0.1, 0.15) is 5.56 Å². The van der Waals surface area contributed by atoms with E-state index in [2.05, 4.69) is 10.1 Å². The van der Waals surface area contributed by atoms with E-state index in [4.69, 9.17) is 10.00 Å². The zero-order chi connectivity index (χ0) is 22.9. The molecule has 1 aliphatic heterocycles. The van der Waals surface area contributed by atoms with Gasteiger partial charge in [-0.3, -0.25) is 9.48 Å². The second-order valence-corrected chi connectivity index (χ2v) is 7.77. The molecule has 0 unspecified atom stereocenters. The highest BCUT2D eigenvalue weighted by Crippen LogP contribution is 2.34. The number of rotatable bonds is 5. The van der Waals surface area contributed by atoms with Crippen LogP contribution in [-0.4, -0.2) is 25.6 Å². The van der Waals surface area contributed by atoms with Crippen LogP contribution in [0, 0.1) is 17.1 Å². The van der Waals surface area contributed by atoms with Crippen molar-refractivity contribution in [2.75, 3.05) is 0 Å². The number of fused-ring (bicyclic) bond motifs is 1. The van der Waals surface area contributed by atoms with Crippen LogP contribution < -0.4 is 4.74 Å². The van der Waals surface area contributed by atoms with Gasteiger partial charge in [-0.25, -0.2) is 9.37 Å². The van der Waals surface area contributed by atoms with Crippen LogP contribution in [-0.2, 0) is 20.1 Å². The van der Waals surface area contributed by atoms with Gasteiger partial charge in [-0.15, -0.1) is 0 Å². The molecule has 0 atom stereocenters. The maximum absolute atomic E-state index is 14.2. The number of carbonyl (C=O) groups excluding carboxylic acids is 1. The number of carbonyl (C=O) groups is 1. The van der Waals surface area contributed by atoms with E-state index in [-0.39, 0.29) is 23.1 Å². The Labute approximate surface area is 189 Å². The Kier molecular flexibility index (Phi) is 5.07. The molecule has 0 aliphatic carbocycles. The van der Waals surface area contributed by atoms with Crippen molar-refractivity contribution in [1.82, 2.24) is 19.7 Å². The van der Waals surface area contributed by atoms with Crippen LogP contribution in [0.5, 0.6) is 11.6 Å². The molecule has 2 aromatic heterocycles. The minimum absolute atomic E-state index is 0.0286. The molecule has 0 spiro atoms. The third kappa shape index (κ3) is 3.92. The lowest BCUT2D eigenvalue weighted by Crippen LogP contribution is -2.23. The van der Waals surface area contributed by atoms with Gasteiger partial charge in [0.25, 0.3) is 5.91 Å². The van der Waals surface area contributed by atoms with Gasteiger partial charge < -0.3 is 9.64 Å². The smallest absolute Gasteiger partial charge is 0.260 e. The van der Waals surface area contributed by atoms with Crippen LogP contribution in [0.3, 0.4) is 0 Å². The number of nitrogens with zero attached hydrogens (tertiary/aromatic N) is 5. The molecule has 0 saturated carbocycles. The quantitative estimate of drug-likeness (QED) is 0.459. The number of pyridine rings is 1. The summed E-state index contributed by atoms with van der Waals surface area (Å²) >= 11 is 0. The molecule has 5 rings (SSSR count). The molecule has 0 saturated heterocycles. The first-order valence-corrected chi connectivity index (χ1v) is 10.2. The number of nitriles is 1. The molecule has 0 N–H and O–H groups in total. The van der Waals surface area contributed by atoms with E-state index in [1.807, 2.05) is 43.6 Å². The maximum atomic E-state index is 14.2. The van der Waals surface area contributed by atoms with Crippen LogP contribution in [0.1, 0.15) is 27.0 Å². The number of aromatic nitrogens is 3. The van der Waals surface area contributed by atoms with Crippen LogP contribution >= 0.6 is 0 Å². The van der Waals surface area contributed by atoms with Gasteiger partial charge in [0, 0.05) is 44.2 Å². The molecule has 33 heavy (non-hydrogen) atoms. The fourth-order valence-corrected chi connectivity index (χ4v) is 3.83. The normalized spacial score (nSPS) is 12.5. The largest absolute Gasteiger partial charge is 0.435 e. The summed E-state index contributed by atoms with van der Waals surface area (Å²) in [5.41, 5.74) is 4.37. The minimum atomic E-state index is -0.635. The maximum Gasteiger partial charge on any atom is 0.260 e. The van der Waals surface area contributed by atoms with Gasteiger partial charge in [0.05, 0.1) is 17.8 Å². The highest BCUT2D eigenvalue weighted by Gasteiger charge is 2.32. The molecule has 4 aromatic rings. The van der Waals surface area contributed by atoms with Crippen molar-refractivity contribution in [3.8, 4) is 28.8 Å². The van der Waals surface area contributed by atoms with Crippen molar-refractivity contribution in [3.63, 3.8) is 0 Å². The molecule has 2 aromatic carbocycles. The molecule has 162 valence electrons. The number of ether oxygens (including phenoxy) is 1. The van der Waals surface area contributed by atoms with Crippen molar-refractivity contribution in [1.29, 1.82) is 5.26 Å². The summed E-state index contributed by atoms with van der Waals surface area (Å²) in [6.07, 6.45) is 5.28. The summed E-state index contributed by atoms with van der Waals surface area (Å²) < 4.78 is 21.6. The van der Waals surface area contributed by atoms with E-state index in [9.17, 15) is 9.18 Å². The summed E-state index contributed by atoms with van der Waals surface area (Å²) in [6, 6.07) is 15.5. The molecule has 1 aliphatic rings. The van der Waals surface area contributed by atoms with E-state index in [0.29, 0.717) is 18.7 Å². The first-order valence-electron chi connectivity index (χ1n) is 10.2. The summed E-state index contributed by atoms with van der Waals surface area (Å²) in [4.78, 5) is 19.0. The van der Waals surface area contributed by atoms with Crippen LogP contribution in [0.25, 0.3) is 11.1 Å². The standard InChI is InChI=1S/C25H18FN5O2/c1-30-14-20(12-29-30)18-5-2-16(3-6-18)13-31-15-19-8-9-28-24(23(19)25(31)32)33-22-10-17(11-27)4-7-21(22)26/h2-10,12,14H,13,15H2,1H3. The highest BCUT2D eigenvalue weighted by molar-refractivity contribution is 6.00. The van der Waals surface area contributed by atoms with E-state index in [1.54, 1.807) is 21.8 Å². The second kappa shape index (κ2) is 8.20. The molecule has 1 amide bonds. The SMILES string of the molecule is Cn1cc(-c2ccc(CN3Cc4ccnc(Oc5cc(C#N)ccc5F)c4C3=O)cc2)cn1. The van der Waals surface area contributed by atoms with E-state index < -0.39 is 5.82 Å². The molecule has 0 bridgehead atoms. The Morgan fingerprint density at radius 3 is 2.70 bits per heavy atom. The van der Waals surface area contributed by atoms with Crippen LogP contribution in [0.2, 0.25) is 0 Å². The zero-order valence-corrected chi connectivity index (χ0v) is 17.7. The van der Waals surface area contributed by atoms with Crippen LogP contribution in [0.15, 0.2) is 67.1 Å². The van der Waals surface area contributed by atoms with Gasteiger partial charge in [-0.05, 0) is 34.9 Å². The average molecular weight is 439 g/mol. The fourth-order valence-electron chi connectivity index (χ4n) is 3.83. The molecule has 0 radical (unpaired) electrons. The second-order valence-electron chi connectivity index (χ2n) is 7.77. The van der Waals surface area contributed by atoms with Crippen molar-refractivity contribution in [3.05, 3.63) is 95.2 Å². The van der Waals surface area contributed by atoms with E-state index in [1.165, 1.54) is 18.3 Å². The Balaban J connectivity index is 1.36. The average Bonchev–Trinajstić information content (AvgIpc) is 3.39. The zero-order valence-electron chi connectivity index (χ0n) is 17.7. The third-order valence-corrected chi connectivity index (χ3v) is 5.50. The lowest BCUT2D eigenvalue weighted by molar-refractivity contribution is 0.0764. The molecule has 0 fully saturated rings. The molecule has 8 heteroatoms. The van der Waals surface area contributed by atoms with Gasteiger partial charge in [0.2, 0.25) is 5.88 Å². The number of halogens is 1. The number of aryl methyl sites for hydroxylation is 1. The van der Waals surface area contributed by atoms with Crippen LogP contribution in [0.4, 0.5) is 4.39 Å². The number of amides is 1. The third-order valence-electron chi connectivity index (χ3n) is 5.50. The van der Waals surface area contributed by atoms with Crippen molar-refractivity contribution < 1.29 is 13.9 Å². The molecule has 3 heterocycles. The topological polar surface area (TPSA) is 84.0 Å². The summed E-state index contributed by atoms with van der Waals surface area (Å²) in [5, 5.41) is 13.3. The monoisotopic (exact) mass is 439 g/mol. The molecular weight excluding hydrogens is 421 g/mol. The predicted octanol–water partition coefficient (Wildman–Crippen LogP) is 4.44. The number of benzene rings is 2. The summed E-state index contributed by atoms with van der Waals surface area (Å²) in [7, 11) is 1.87. The number of hydrogen-bond donors (Lipinski definition) is 0. The highest BCUT2D eigenvalue weighted by atomic mass is 19.1. The molecule has 7 nitrogen and oxygen atoms in total. The van der Waals surface area contributed by atoms with Crippen molar-refractivity contribution >= 4 is 5.91 Å². The minimum Gasteiger partial charge on any atom is -0.435 e. The van der Waals surface area contributed by atoms with E-state index in [0.717, 1.165) is 28.3 Å². The molecular formula is C25H18FN5O2. The Hall–Kier alpha value is -4.51. The first-order chi connectivity index (χ1) is 16.0. The Morgan fingerprint density at radius 2 is 1.97 bits per heavy atom. The first kappa shape index (κ1) is 20.4. The lowest BCUT2D eigenvalue weighted by Gasteiger charge is -2.16. The van der Waals surface area contributed by atoms with E-state index >= 15 is 0 Å². The fraction of sp³-hybridized carbons (Fsp3) is 0.120. The van der Waals surface area contributed by atoms with Gasteiger partial charge in [0.15, 0.2) is 11.6 Å². The Bertz CT molecular complexity index is 1410. The van der Waals surface area contributed by atoms with Crippen molar-refractivity contribution in [2.45, 2.75) is 13.1 Å². The van der Waals surface area contributed by atoms with Gasteiger partial charge in [-0.2, -0.15) is 10.4 Å².